The van der Waals surface area contributed by atoms with E-state index in [1.54, 1.807) is 26.0 Å². The molecular formula is C14H19NO5. The van der Waals surface area contributed by atoms with Crippen LogP contribution in [0.2, 0.25) is 0 Å². The Morgan fingerprint density at radius 2 is 2.00 bits per heavy atom. The molecule has 2 N–H and O–H groups in total. The first kappa shape index (κ1) is 14.5. The molecule has 20 heavy (non-hydrogen) atoms. The zero-order chi connectivity index (χ0) is 14.8. The predicted molar refractivity (Wildman–Crippen MR) is 71.7 cm³/mol. The Balaban J connectivity index is 2.15. The fourth-order valence-electron chi connectivity index (χ4n) is 1.85. The average Bonchev–Trinajstić information content (AvgIpc) is 2.90. The number of hydrogen-bond acceptors (Lipinski definition) is 6. The fraction of sp³-hybridized carbons (Fsp3) is 0.500. The van der Waals surface area contributed by atoms with Crippen LogP contribution in [-0.4, -0.2) is 26.5 Å². The quantitative estimate of drug-likeness (QED) is 0.823. The second-order valence-electron chi connectivity index (χ2n) is 5.18. The minimum absolute atomic E-state index is 0.187. The van der Waals surface area contributed by atoms with Crippen molar-refractivity contribution in [2.24, 2.45) is 11.1 Å². The molecule has 0 bridgehead atoms. The van der Waals surface area contributed by atoms with Crippen LogP contribution in [0.25, 0.3) is 0 Å². The van der Waals surface area contributed by atoms with Gasteiger partial charge in [0.15, 0.2) is 11.5 Å². The molecule has 1 heterocycles. The summed E-state index contributed by atoms with van der Waals surface area (Å²) in [6.45, 7) is 4.20. The number of carbonyl (C=O) groups excluding carboxylic acids is 1. The van der Waals surface area contributed by atoms with Crippen LogP contribution in [0.5, 0.6) is 17.2 Å². The Morgan fingerprint density at radius 1 is 1.35 bits per heavy atom. The lowest BCUT2D eigenvalue weighted by molar-refractivity contribution is -0.152. The highest BCUT2D eigenvalue weighted by molar-refractivity contribution is 5.75. The minimum atomic E-state index is -0.739. The number of benzene rings is 1. The third-order valence-corrected chi connectivity index (χ3v) is 3.10. The number of hydrogen-bond donors (Lipinski definition) is 1. The van der Waals surface area contributed by atoms with Gasteiger partial charge < -0.3 is 24.7 Å². The zero-order valence-electron chi connectivity index (χ0n) is 11.9. The number of ether oxygens (including phenoxy) is 4. The zero-order valence-corrected chi connectivity index (χ0v) is 11.9. The van der Waals surface area contributed by atoms with Gasteiger partial charge in [0.2, 0.25) is 6.79 Å². The monoisotopic (exact) mass is 281 g/mol. The van der Waals surface area contributed by atoms with E-state index in [-0.39, 0.29) is 19.4 Å². The maximum atomic E-state index is 11.6. The molecule has 0 spiro atoms. The molecule has 6 nitrogen and oxygen atoms in total. The van der Waals surface area contributed by atoms with Crippen molar-refractivity contribution in [1.29, 1.82) is 0 Å². The second kappa shape index (κ2) is 5.58. The summed E-state index contributed by atoms with van der Waals surface area (Å²) in [6, 6.07) is 3.53. The number of fused-ring (bicyclic) bond motifs is 1. The van der Waals surface area contributed by atoms with Crippen molar-refractivity contribution in [3.8, 4) is 17.2 Å². The highest BCUT2D eigenvalue weighted by atomic mass is 16.7. The summed E-state index contributed by atoms with van der Waals surface area (Å²) >= 11 is 0. The van der Waals surface area contributed by atoms with E-state index in [2.05, 4.69) is 0 Å². The lowest BCUT2D eigenvalue weighted by atomic mass is 9.95. The second-order valence-corrected chi connectivity index (χ2v) is 5.18. The molecule has 0 unspecified atom stereocenters. The van der Waals surface area contributed by atoms with Gasteiger partial charge in [0.1, 0.15) is 12.4 Å². The van der Waals surface area contributed by atoms with E-state index in [1.165, 1.54) is 7.11 Å². The molecular weight excluding hydrogens is 262 g/mol. The third-order valence-electron chi connectivity index (χ3n) is 3.10. The molecule has 110 valence electrons. The van der Waals surface area contributed by atoms with E-state index in [9.17, 15) is 4.79 Å². The van der Waals surface area contributed by atoms with Gasteiger partial charge in [-0.3, -0.25) is 4.79 Å². The van der Waals surface area contributed by atoms with Crippen molar-refractivity contribution >= 4 is 5.97 Å². The largest absolute Gasteiger partial charge is 0.492 e. The Hall–Kier alpha value is -1.95. The maximum Gasteiger partial charge on any atom is 0.314 e. The Bertz CT molecular complexity index is 513. The number of esters is 1. The third kappa shape index (κ3) is 2.80. The van der Waals surface area contributed by atoms with Crippen molar-refractivity contribution in [3.05, 3.63) is 17.7 Å². The first-order valence-corrected chi connectivity index (χ1v) is 6.31. The summed E-state index contributed by atoms with van der Waals surface area (Å²) in [6.07, 6.45) is 0. The molecule has 1 aromatic rings. The van der Waals surface area contributed by atoms with Gasteiger partial charge in [-0.2, -0.15) is 0 Å². The normalized spacial score (nSPS) is 13.2. The molecule has 1 aliphatic rings. The molecule has 6 heteroatoms. The summed E-state index contributed by atoms with van der Waals surface area (Å²) in [4.78, 5) is 11.6. The van der Waals surface area contributed by atoms with E-state index in [1.807, 2.05) is 0 Å². The van der Waals surface area contributed by atoms with Gasteiger partial charge in [0, 0.05) is 18.2 Å². The van der Waals surface area contributed by atoms with E-state index in [0.29, 0.717) is 23.8 Å². The number of methoxy groups -OCH3 is 1. The average molecular weight is 281 g/mol. The molecule has 1 aliphatic heterocycles. The summed E-state index contributed by atoms with van der Waals surface area (Å²) in [7, 11) is 1.36. The number of nitrogens with two attached hydrogens (primary N) is 1. The van der Waals surface area contributed by atoms with E-state index < -0.39 is 5.41 Å². The van der Waals surface area contributed by atoms with Crippen LogP contribution in [0, 0.1) is 5.41 Å². The van der Waals surface area contributed by atoms with Crippen molar-refractivity contribution in [1.82, 2.24) is 0 Å². The van der Waals surface area contributed by atoms with Crippen LogP contribution in [0.15, 0.2) is 12.1 Å². The van der Waals surface area contributed by atoms with Gasteiger partial charge in [0.25, 0.3) is 0 Å². The Kier molecular flexibility index (Phi) is 4.04. The molecule has 0 fully saturated rings. The van der Waals surface area contributed by atoms with Crippen molar-refractivity contribution < 1.29 is 23.7 Å². The molecule has 0 amide bonds. The predicted octanol–water partition coefficient (Wildman–Crippen LogP) is 1.45. The standard InChI is InChI=1S/C14H19NO5/c1-14(2,13(16)17-3)7-18-10-5-12-11(19-8-20-12)4-9(10)6-15/h4-5H,6-8,15H2,1-3H3. The van der Waals surface area contributed by atoms with Crippen molar-refractivity contribution in [3.63, 3.8) is 0 Å². The van der Waals surface area contributed by atoms with Crippen LogP contribution in [0.4, 0.5) is 0 Å². The molecule has 0 aromatic heterocycles. The van der Waals surface area contributed by atoms with Crippen LogP contribution < -0.4 is 19.9 Å². The van der Waals surface area contributed by atoms with Crippen molar-refractivity contribution in [2.45, 2.75) is 20.4 Å². The topological polar surface area (TPSA) is 80.0 Å². The van der Waals surface area contributed by atoms with E-state index >= 15 is 0 Å². The first-order chi connectivity index (χ1) is 9.47. The fourth-order valence-corrected chi connectivity index (χ4v) is 1.85. The van der Waals surface area contributed by atoms with Crippen LogP contribution in [0.3, 0.4) is 0 Å². The van der Waals surface area contributed by atoms with Crippen molar-refractivity contribution in [2.75, 3.05) is 20.5 Å². The van der Waals surface area contributed by atoms with Gasteiger partial charge >= 0.3 is 5.97 Å². The highest BCUT2D eigenvalue weighted by Gasteiger charge is 2.30. The molecule has 0 aliphatic carbocycles. The summed E-state index contributed by atoms with van der Waals surface area (Å²) in [5.74, 6) is 1.54. The van der Waals surface area contributed by atoms with Crippen LogP contribution in [-0.2, 0) is 16.1 Å². The smallest absolute Gasteiger partial charge is 0.314 e. The molecule has 0 saturated heterocycles. The van der Waals surface area contributed by atoms with Gasteiger partial charge in [0.05, 0.1) is 12.5 Å². The molecule has 0 atom stereocenters. The minimum Gasteiger partial charge on any atom is -0.492 e. The number of rotatable bonds is 5. The van der Waals surface area contributed by atoms with Gasteiger partial charge in [-0.05, 0) is 19.9 Å². The van der Waals surface area contributed by atoms with Crippen LogP contribution in [0.1, 0.15) is 19.4 Å². The van der Waals surface area contributed by atoms with E-state index in [0.717, 1.165) is 5.56 Å². The summed E-state index contributed by atoms with van der Waals surface area (Å²) in [5, 5.41) is 0. The lowest BCUT2D eigenvalue weighted by Gasteiger charge is -2.22. The number of carbonyl (C=O) groups is 1. The van der Waals surface area contributed by atoms with E-state index in [4.69, 9.17) is 24.7 Å². The van der Waals surface area contributed by atoms with Gasteiger partial charge in [-0.15, -0.1) is 0 Å². The summed E-state index contributed by atoms with van der Waals surface area (Å²) in [5.41, 5.74) is 5.76. The van der Waals surface area contributed by atoms with Crippen LogP contribution >= 0.6 is 0 Å². The van der Waals surface area contributed by atoms with Gasteiger partial charge in [-0.1, -0.05) is 0 Å². The molecule has 1 aromatic carbocycles. The first-order valence-electron chi connectivity index (χ1n) is 6.31. The molecule has 0 saturated carbocycles. The SMILES string of the molecule is COC(=O)C(C)(C)COc1cc2c(cc1CN)OCO2. The summed E-state index contributed by atoms with van der Waals surface area (Å²) < 4.78 is 21.1. The Morgan fingerprint density at radius 3 is 2.60 bits per heavy atom. The lowest BCUT2D eigenvalue weighted by Crippen LogP contribution is -2.32. The molecule has 2 rings (SSSR count). The molecule has 0 radical (unpaired) electrons. The maximum absolute atomic E-state index is 11.6. The Labute approximate surface area is 117 Å². The highest BCUT2D eigenvalue weighted by Crippen LogP contribution is 2.38. The van der Waals surface area contributed by atoms with Gasteiger partial charge in [-0.25, -0.2) is 0 Å².